The second-order valence-corrected chi connectivity index (χ2v) is 8.75. The number of aliphatic carboxylic acids is 1. The van der Waals surface area contributed by atoms with E-state index in [4.69, 9.17) is 22.3 Å². The molecule has 0 radical (unpaired) electrons. The Morgan fingerprint density at radius 3 is 2.44 bits per heavy atom. The number of likely N-dealkylation sites (tertiary alicyclic amines) is 1. The van der Waals surface area contributed by atoms with E-state index in [1.165, 1.54) is 24.0 Å². The van der Waals surface area contributed by atoms with Crippen LogP contribution in [0.15, 0.2) is 29.3 Å². The first-order chi connectivity index (χ1) is 17.0. The minimum Gasteiger partial charge on any atom is -0.508 e. The highest BCUT2D eigenvalue weighted by atomic mass is 16.4. The topological polar surface area (TPSA) is 226 Å². The minimum absolute atomic E-state index is 0.0398. The molecule has 198 valence electrons. The molecule has 1 saturated heterocycles. The molecular formula is C23H35N7O6. The normalized spacial score (nSPS) is 17.5. The Hall–Kier alpha value is -3.87. The number of aromatic hydroxyl groups is 1. The summed E-state index contributed by atoms with van der Waals surface area (Å²) in [5.41, 5.74) is 17.3. The Kier molecular flexibility index (Phi) is 10.5. The number of nitrogens with one attached hydrogen (secondary N) is 2. The molecule has 1 aromatic rings. The Morgan fingerprint density at radius 1 is 1.17 bits per heavy atom. The third kappa shape index (κ3) is 8.41. The summed E-state index contributed by atoms with van der Waals surface area (Å²) >= 11 is 0. The monoisotopic (exact) mass is 505 g/mol. The van der Waals surface area contributed by atoms with Crippen LogP contribution in [0.25, 0.3) is 0 Å². The lowest BCUT2D eigenvalue weighted by molar-refractivity contribution is -0.142. The Balaban J connectivity index is 2.09. The van der Waals surface area contributed by atoms with E-state index in [-0.39, 0.29) is 24.0 Å². The van der Waals surface area contributed by atoms with E-state index in [0.29, 0.717) is 44.3 Å². The zero-order valence-corrected chi connectivity index (χ0v) is 20.2. The third-order valence-corrected chi connectivity index (χ3v) is 5.86. The fraction of sp³-hybridized carbons (Fsp3) is 0.522. The number of benzene rings is 1. The summed E-state index contributed by atoms with van der Waals surface area (Å²) in [4.78, 5) is 55.4. The molecule has 0 saturated carbocycles. The van der Waals surface area contributed by atoms with Crippen molar-refractivity contribution in [3.05, 3.63) is 29.8 Å². The molecule has 1 heterocycles. The number of nitrogens with two attached hydrogens (primary N) is 3. The van der Waals surface area contributed by atoms with Gasteiger partial charge < -0.3 is 42.9 Å². The number of amides is 3. The van der Waals surface area contributed by atoms with Gasteiger partial charge in [-0.25, -0.2) is 0 Å². The lowest BCUT2D eigenvalue weighted by atomic mass is 10.0. The van der Waals surface area contributed by atoms with Crippen LogP contribution in [0.1, 0.15) is 38.2 Å². The number of aliphatic imine (C=N–C) groups is 1. The molecular weight excluding hydrogens is 470 g/mol. The maximum Gasteiger partial charge on any atom is 0.325 e. The number of phenolic OH excluding ortho intramolecular Hbond substituents is 1. The van der Waals surface area contributed by atoms with Crippen LogP contribution in [0.2, 0.25) is 0 Å². The van der Waals surface area contributed by atoms with Gasteiger partial charge in [0.15, 0.2) is 5.96 Å². The van der Waals surface area contributed by atoms with E-state index in [1.54, 1.807) is 12.1 Å². The van der Waals surface area contributed by atoms with Crippen LogP contribution in [-0.2, 0) is 25.6 Å². The second-order valence-electron chi connectivity index (χ2n) is 8.75. The van der Waals surface area contributed by atoms with Gasteiger partial charge in [0, 0.05) is 19.5 Å². The number of nitrogens with zero attached hydrogens (tertiary/aromatic N) is 2. The van der Waals surface area contributed by atoms with Gasteiger partial charge in [-0.05, 0) is 50.3 Å². The van der Waals surface area contributed by atoms with E-state index < -0.39 is 42.0 Å². The second kappa shape index (κ2) is 13.3. The molecule has 1 aliphatic rings. The molecule has 13 nitrogen and oxygen atoms in total. The molecule has 0 aromatic heterocycles. The predicted octanol–water partition coefficient (Wildman–Crippen LogP) is -1.62. The molecule has 1 fully saturated rings. The first-order valence-electron chi connectivity index (χ1n) is 11.7. The van der Waals surface area contributed by atoms with Crippen molar-refractivity contribution in [3.8, 4) is 5.75 Å². The van der Waals surface area contributed by atoms with Crippen LogP contribution in [0, 0.1) is 0 Å². The number of rotatable bonds is 12. The van der Waals surface area contributed by atoms with Gasteiger partial charge in [0.1, 0.15) is 23.9 Å². The van der Waals surface area contributed by atoms with Gasteiger partial charge in [-0.15, -0.1) is 0 Å². The number of hydrogen-bond acceptors (Lipinski definition) is 7. The summed E-state index contributed by atoms with van der Waals surface area (Å²) < 4.78 is 0. The van der Waals surface area contributed by atoms with Gasteiger partial charge in [-0.3, -0.25) is 24.2 Å². The maximum atomic E-state index is 13.2. The van der Waals surface area contributed by atoms with Gasteiger partial charge in [0.2, 0.25) is 17.7 Å². The quantitative estimate of drug-likeness (QED) is 0.0982. The molecule has 13 heteroatoms. The highest BCUT2D eigenvalue weighted by Gasteiger charge is 2.37. The van der Waals surface area contributed by atoms with Crippen molar-refractivity contribution in [3.63, 3.8) is 0 Å². The summed E-state index contributed by atoms with van der Waals surface area (Å²) in [5.74, 6) is -2.82. The highest BCUT2D eigenvalue weighted by molar-refractivity contribution is 5.94. The summed E-state index contributed by atoms with van der Waals surface area (Å²) in [7, 11) is 0. The fourth-order valence-corrected chi connectivity index (χ4v) is 3.88. The van der Waals surface area contributed by atoms with E-state index in [9.17, 15) is 24.3 Å². The molecule has 36 heavy (non-hydrogen) atoms. The van der Waals surface area contributed by atoms with Crippen LogP contribution in [0.4, 0.5) is 0 Å². The molecule has 1 aromatic carbocycles. The number of carboxylic acid groups (broad SMARTS) is 1. The van der Waals surface area contributed by atoms with Crippen LogP contribution in [0.5, 0.6) is 5.75 Å². The molecule has 0 aliphatic carbocycles. The lowest BCUT2D eigenvalue weighted by Crippen LogP contribution is -2.56. The number of guanidine groups is 1. The number of hydrogen-bond donors (Lipinski definition) is 7. The van der Waals surface area contributed by atoms with Crippen LogP contribution >= 0.6 is 0 Å². The Labute approximate surface area is 209 Å². The molecule has 4 atom stereocenters. The lowest BCUT2D eigenvalue weighted by Gasteiger charge is -2.28. The largest absolute Gasteiger partial charge is 0.508 e. The van der Waals surface area contributed by atoms with E-state index >= 15 is 0 Å². The number of carbonyl (C=O) groups excluding carboxylic acids is 3. The fourth-order valence-electron chi connectivity index (χ4n) is 3.88. The van der Waals surface area contributed by atoms with E-state index in [1.807, 2.05) is 0 Å². The summed E-state index contributed by atoms with van der Waals surface area (Å²) in [6, 6.07) is 2.15. The van der Waals surface area contributed by atoms with Gasteiger partial charge in [-0.1, -0.05) is 12.1 Å². The van der Waals surface area contributed by atoms with E-state index in [0.717, 1.165) is 0 Å². The van der Waals surface area contributed by atoms with Gasteiger partial charge in [0.25, 0.3) is 0 Å². The summed E-state index contributed by atoms with van der Waals surface area (Å²) in [6.07, 6.45) is 1.87. The van der Waals surface area contributed by atoms with Gasteiger partial charge in [0.05, 0.1) is 6.04 Å². The van der Waals surface area contributed by atoms with Gasteiger partial charge >= 0.3 is 5.97 Å². The standard InChI is InChI=1S/C23H35N7O6/c1-13(22(35)36)28-19(32)17(12-14-6-8-15(31)9-7-14)29-20(33)18-5-3-11-30(18)21(34)16(24)4-2-10-27-23(25)26/h6-9,13,16-18,31H,2-5,10-12,24H2,1H3,(H,28,32)(H,29,33)(H,35,36)(H4,25,26,27). The summed E-state index contributed by atoms with van der Waals surface area (Å²) in [6.45, 7) is 1.99. The van der Waals surface area contributed by atoms with Crippen molar-refractivity contribution in [2.75, 3.05) is 13.1 Å². The minimum atomic E-state index is -1.22. The number of phenols is 1. The van der Waals surface area contributed by atoms with Crippen molar-refractivity contribution in [1.82, 2.24) is 15.5 Å². The molecule has 4 unspecified atom stereocenters. The molecule has 3 amide bonds. The van der Waals surface area contributed by atoms with Crippen LogP contribution < -0.4 is 27.8 Å². The average molecular weight is 506 g/mol. The first-order valence-corrected chi connectivity index (χ1v) is 11.7. The van der Waals surface area contributed by atoms with Crippen molar-refractivity contribution >= 4 is 29.7 Å². The number of carbonyl (C=O) groups is 4. The molecule has 2 rings (SSSR count). The smallest absolute Gasteiger partial charge is 0.325 e. The first kappa shape index (κ1) is 28.4. The summed E-state index contributed by atoms with van der Waals surface area (Å²) in [5, 5.41) is 23.7. The van der Waals surface area contributed by atoms with Crippen molar-refractivity contribution in [1.29, 1.82) is 0 Å². The molecule has 0 bridgehead atoms. The molecule has 1 aliphatic heterocycles. The van der Waals surface area contributed by atoms with Crippen LogP contribution in [-0.4, -0.2) is 82.0 Å². The zero-order chi connectivity index (χ0) is 26.8. The third-order valence-electron chi connectivity index (χ3n) is 5.86. The Bertz CT molecular complexity index is 964. The highest BCUT2D eigenvalue weighted by Crippen LogP contribution is 2.20. The van der Waals surface area contributed by atoms with Crippen LogP contribution in [0.3, 0.4) is 0 Å². The molecule has 0 spiro atoms. The van der Waals surface area contributed by atoms with Crippen molar-refractivity contribution in [2.45, 2.75) is 63.2 Å². The van der Waals surface area contributed by atoms with E-state index in [2.05, 4.69) is 15.6 Å². The molecule has 10 N–H and O–H groups in total. The van der Waals surface area contributed by atoms with Crippen molar-refractivity contribution < 1.29 is 29.4 Å². The van der Waals surface area contributed by atoms with Gasteiger partial charge in [-0.2, -0.15) is 0 Å². The predicted molar refractivity (Wildman–Crippen MR) is 132 cm³/mol. The van der Waals surface area contributed by atoms with Crippen molar-refractivity contribution in [2.24, 2.45) is 22.2 Å². The number of carboxylic acids is 1. The zero-order valence-electron chi connectivity index (χ0n) is 20.2. The maximum absolute atomic E-state index is 13.2. The Morgan fingerprint density at radius 2 is 1.83 bits per heavy atom. The SMILES string of the molecule is CC(NC(=O)C(Cc1ccc(O)cc1)NC(=O)C1CCCN1C(=O)C(N)CCCN=C(N)N)C(=O)O. The average Bonchev–Trinajstić information content (AvgIpc) is 3.32.